The number of thiazole rings is 1. The highest BCUT2D eigenvalue weighted by Crippen LogP contribution is 2.33. The van der Waals surface area contributed by atoms with Crippen LogP contribution in [0.25, 0.3) is 0 Å². The molecule has 0 bridgehead atoms. The number of hydrogen-bond acceptors (Lipinski definition) is 7. The van der Waals surface area contributed by atoms with Crippen LogP contribution in [0, 0.1) is 12.7 Å². The van der Waals surface area contributed by atoms with Gasteiger partial charge in [-0.2, -0.15) is 18.3 Å². The van der Waals surface area contributed by atoms with Gasteiger partial charge in [-0.15, -0.1) is 0 Å². The lowest BCUT2D eigenvalue weighted by molar-refractivity contribution is -0.142. The van der Waals surface area contributed by atoms with E-state index in [1.54, 1.807) is 23.1 Å². The number of piperazine rings is 1. The van der Waals surface area contributed by atoms with E-state index in [0.29, 0.717) is 36.2 Å². The van der Waals surface area contributed by atoms with E-state index < -0.39 is 11.9 Å². The summed E-state index contributed by atoms with van der Waals surface area (Å²) >= 11 is 4.69. The average Bonchev–Trinajstić information content (AvgIpc) is 3.51. The van der Waals surface area contributed by atoms with Crippen molar-refractivity contribution in [3.8, 4) is 0 Å². The van der Waals surface area contributed by atoms with E-state index in [-0.39, 0.29) is 30.6 Å². The number of rotatable bonds is 6. The van der Waals surface area contributed by atoms with Gasteiger partial charge in [0.2, 0.25) is 5.91 Å². The fourth-order valence-electron chi connectivity index (χ4n) is 4.52. The Hall–Kier alpha value is -3.00. The molecule has 1 aliphatic heterocycles. The smallest absolute Gasteiger partial charge is 0.391 e. The summed E-state index contributed by atoms with van der Waals surface area (Å²) in [6.07, 6.45) is -2.10. The van der Waals surface area contributed by atoms with Crippen molar-refractivity contribution in [3.05, 3.63) is 62.1 Å². The third-order valence-electron chi connectivity index (χ3n) is 6.66. The third kappa shape index (κ3) is 6.11. The van der Waals surface area contributed by atoms with Crippen molar-refractivity contribution in [3.63, 3.8) is 0 Å². The van der Waals surface area contributed by atoms with Crippen LogP contribution in [0.5, 0.6) is 0 Å². The van der Waals surface area contributed by atoms with Crippen molar-refractivity contribution in [2.45, 2.75) is 45.5 Å². The minimum absolute atomic E-state index is 0.0152. The molecule has 0 unspecified atom stereocenters. The predicted molar refractivity (Wildman–Crippen MR) is 141 cm³/mol. The minimum atomic E-state index is -4.55. The van der Waals surface area contributed by atoms with Gasteiger partial charge in [-0.1, -0.05) is 28.6 Å². The number of oxime groups is 1. The second-order valence-corrected chi connectivity index (χ2v) is 11.2. The van der Waals surface area contributed by atoms with Crippen LogP contribution in [0.2, 0.25) is 0 Å². The van der Waals surface area contributed by atoms with Gasteiger partial charge in [0.25, 0.3) is 0 Å². The number of halogens is 5. The molecular formula is C25H25BrF4N6O2S. The average molecular weight is 629 g/mol. The van der Waals surface area contributed by atoms with Crippen LogP contribution in [0.4, 0.5) is 22.7 Å². The Labute approximate surface area is 234 Å². The van der Waals surface area contributed by atoms with Gasteiger partial charge in [0.1, 0.15) is 19.0 Å². The largest absolute Gasteiger partial charge is 0.435 e. The van der Waals surface area contributed by atoms with Crippen molar-refractivity contribution in [2.75, 3.05) is 31.1 Å². The summed E-state index contributed by atoms with van der Waals surface area (Å²) in [5.41, 5.74) is 1.43. The van der Waals surface area contributed by atoms with Crippen molar-refractivity contribution in [2.24, 2.45) is 5.16 Å². The van der Waals surface area contributed by atoms with E-state index in [0.717, 1.165) is 51.4 Å². The first-order valence-electron chi connectivity index (χ1n) is 12.4. The maximum absolute atomic E-state index is 14.2. The van der Waals surface area contributed by atoms with Crippen molar-refractivity contribution in [1.29, 1.82) is 0 Å². The fraction of sp³-hybridized carbons (Fsp3) is 0.440. The Morgan fingerprint density at radius 1 is 1.21 bits per heavy atom. The zero-order chi connectivity index (χ0) is 27.7. The second kappa shape index (κ2) is 11.2. The molecule has 0 radical (unpaired) electrons. The number of benzene rings is 1. The number of fused-ring (bicyclic) bond motifs is 1. The molecule has 3 heterocycles. The molecule has 1 saturated heterocycles. The molecule has 1 aliphatic carbocycles. The summed E-state index contributed by atoms with van der Waals surface area (Å²) < 4.78 is 54.5. The first-order valence-corrected chi connectivity index (χ1v) is 14.0. The van der Waals surface area contributed by atoms with Crippen molar-refractivity contribution < 1.29 is 27.2 Å². The highest BCUT2D eigenvalue weighted by atomic mass is 79.9. The molecule has 1 amide bonds. The number of nitrogens with zero attached hydrogens (tertiary/aromatic N) is 6. The minimum Gasteiger partial charge on any atom is -0.391 e. The Kier molecular flexibility index (Phi) is 7.94. The van der Waals surface area contributed by atoms with E-state index in [9.17, 15) is 22.4 Å². The number of carbonyl (C=O) groups excluding carboxylic acids is 1. The zero-order valence-electron chi connectivity index (χ0n) is 21.0. The van der Waals surface area contributed by atoms with E-state index in [4.69, 9.17) is 9.82 Å². The van der Waals surface area contributed by atoms with Gasteiger partial charge in [0, 0.05) is 37.4 Å². The summed E-state index contributed by atoms with van der Waals surface area (Å²) in [6, 6.07) is 5.96. The van der Waals surface area contributed by atoms with Gasteiger partial charge in [0.05, 0.1) is 20.8 Å². The highest BCUT2D eigenvalue weighted by Gasteiger charge is 2.35. The SMILES string of the molecule is Cc1cc(C(F)(F)F)nn1CC(=O)N1CCN(c2nc3c(s2)C(=NOCc2cccc(Br)c2F)CCC3)CC1. The summed E-state index contributed by atoms with van der Waals surface area (Å²) in [6.45, 7) is 3.23. The lowest BCUT2D eigenvalue weighted by atomic mass is 10.0. The maximum Gasteiger partial charge on any atom is 0.435 e. The molecule has 2 aliphatic rings. The van der Waals surface area contributed by atoms with E-state index in [1.807, 2.05) is 0 Å². The summed E-state index contributed by atoms with van der Waals surface area (Å²) in [5.74, 6) is -0.646. The number of carbonyl (C=O) groups is 1. The molecule has 14 heteroatoms. The molecule has 1 aromatic carbocycles. The van der Waals surface area contributed by atoms with Gasteiger partial charge < -0.3 is 14.6 Å². The molecule has 0 saturated carbocycles. The van der Waals surface area contributed by atoms with Crippen LogP contribution in [0.1, 0.15) is 40.4 Å². The van der Waals surface area contributed by atoms with Gasteiger partial charge in [-0.25, -0.2) is 9.37 Å². The number of hydrogen-bond donors (Lipinski definition) is 0. The topological polar surface area (TPSA) is 75.9 Å². The van der Waals surface area contributed by atoms with E-state index in [1.165, 1.54) is 18.3 Å². The standard InChI is InChI=1S/C25H25BrF4N6O2S/c1-15-12-20(25(28,29)30)32-36(15)13-21(37)34-8-10-35(11-9-34)24-31-18-6-3-7-19(23(18)39-24)33-38-14-16-4-2-5-17(26)22(16)27/h2,4-5,12H,3,6-11,13-14H2,1H3. The molecule has 208 valence electrons. The second-order valence-electron chi connectivity index (χ2n) is 9.34. The van der Waals surface area contributed by atoms with Gasteiger partial charge in [-0.3, -0.25) is 9.48 Å². The molecular weight excluding hydrogens is 604 g/mol. The Bertz CT molecular complexity index is 1400. The summed E-state index contributed by atoms with van der Waals surface area (Å²) in [4.78, 5) is 27.8. The molecule has 2 aromatic heterocycles. The molecule has 0 N–H and O–H groups in total. The summed E-state index contributed by atoms with van der Waals surface area (Å²) in [5, 5.41) is 8.69. The number of aromatic nitrogens is 3. The normalized spacial score (nSPS) is 17.0. The fourth-order valence-corrected chi connectivity index (χ4v) is 6.10. The van der Waals surface area contributed by atoms with Crippen LogP contribution in [0.3, 0.4) is 0 Å². The Balaban J connectivity index is 1.19. The first-order chi connectivity index (χ1) is 18.6. The van der Waals surface area contributed by atoms with Gasteiger partial charge in [-0.05, 0) is 54.2 Å². The zero-order valence-corrected chi connectivity index (χ0v) is 23.4. The molecule has 8 nitrogen and oxygen atoms in total. The predicted octanol–water partition coefficient (Wildman–Crippen LogP) is 5.17. The lowest BCUT2D eigenvalue weighted by Crippen LogP contribution is -2.49. The number of amides is 1. The number of alkyl halides is 3. The van der Waals surface area contributed by atoms with Crippen molar-refractivity contribution in [1.82, 2.24) is 19.7 Å². The molecule has 1 fully saturated rings. The number of aryl methyl sites for hydroxylation is 2. The van der Waals surface area contributed by atoms with Gasteiger partial charge >= 0.3 is 6.18 Å². The van der Waals surface area contributed by atoms with Crippen LogP contribution < -0.4 is 4.90 Å². The van der Waals surface area contributed by atoms with Gasteiger partial charge in [0.15, 0.2) is 10.8 Å². The van der Waals surface area contributed by atoms with Crippen LogP contribution in [-0.4, -0.2) is 57.5 Å². The quantitative estimate of drug-likeness (QED) is 0.278. The van der Waals surface area contributed by atoms with Crippen LogP contribution in [-0.2, 0) is 35.4 Å². The molecule has 3 aromatic rings. The van der Waals surface area contributed by atoms with E-state index in [2.05, 4.69) is 31.1 Å². The molecule has 39 heavy (non-hydrogen) atoms. The van der Waals surface area contributed by atoms with Crippen LogP contribution >= 0.6 is 27.3 Å². The molecule has 0 spiro atoms. The lowest BCUT2D eigenvalue weighted by Gasteiger charge is -2.34. The van der Waals surface area contributed by atoms with E-state index >= 15 is 0 Å². The van der Waals surface area contributed by atoms with Crippen molar-refractivity contribution >= 4 is 44.0 Å². The first kappa shape index (κ1) is 27.6. The third-order valence-corrected chi connectivity index (χ3v) is 8.48. The molecule has 5 rings (SSSR count). The number of anilines is 1. The Morgan fingerprint density at radius 2 is 1.97 bits per heavy atom. The monoisotopic (exact) mass is 628 g/mol. The highest BCUT2D eigenvalue weighted by molar-refractivity contribution is 9.10. The Morgan fingerprint density at radius 3 is 2.69 bits per heavy atom. The summed E-state index contributed by atoms with van der Waals surface area (Å²) in [7, 11) is 0. The molecule has 0 atom stereocenters. The maximum atomic E-state index is 14.2. The van der Waals surface area contributed by atoms with Crippen LogP contribution in [0.15, 0.2) is 33.9 Å².